The Bertz CT molecular complexity index is 692. The summed E-state index contributed by atoms with van der Waals surface area (Å²) in [4.78, 5) is 15.4. The van der Waals surface area contributed by atoms with E-state index in [9.17, 15) is 4.79 Å². The lowest BCUT2D eigenvalue weighted by Gasteiger charge is -2.14. The number of amides is 1. The quantitative estimate of drug-likeness (QED) is 0.830. The van der Waals surface area contributed by atoms with E-state index in [4.69, 9.17) is 17.0 Å². The smallest absolute Gasteiger partial charge is 0.271 e. The van der Waals surface area contributed by atoms with E-state index in [-0.39, 0.29) is 11.1 Å². The first-order valence-electron chi connectivity index (χ1n) is 5.77. The van der Waals surface area contributed by atoms with Gasteiger partial charge in [-0.1, -0.05) is 17.7 Å². The van der Waals surface area contributed by atoms with E-state index in [2.05, 4.69) is 0 Å². The van der Waals surface area contributed by atoms with Crippen LogP contribution in [0.25, 0.3) is 6.08 Å². The molecular formula is C14H9ClN2OS2. The van der Waals surface area contributed by atoms with Crippen molar-refractivity contribution in [3.05, 3.63) is 56.6 Å². The Hall–Kier alpha value is -1.56. The second kappa shape index (κ2) is 5.44. The lowest BCUT2D eigenvalue weighted by atomic mass is 10.3. The average molecular weight is 321 g/mol. The van der Waals surface area contributed by atoms with Gasteiger partial charge in [-0.3, -0.25) is 15.1 Å². The number of amidine groups is 1. The average Bonchev–Trinajstić information content (AvgIpc) is 3.02. The maximum atomic E-state index is 12.4. The van der Waals surface area contributed by atoms with Gasteiger partial charge in [-0.05, 0) is 53.5 Å². The molecule has 0 radical (unpaired) electrons. The normalized spacial score (nSPS) is 17.2. The van der Waals surface area contributed by atoms with E-state index < -0.39 is 0 Å². The molecule has 1 aromatic heterocycles. The van der Waals surface area contributed by atoms with Gasteiger partial charge in [-0.2, -0.15) is 0 Å². The molecule has 0 aliphatic carbocycles. The van der Waals surface area contributed by atoms with Gasteiger partial charge >= 0.3 is 0 Å². The summed E-state index contributed by atoms with van der Waals surface area (Å²) in [6, 6.07) is 10.8. The van der Waals surface area contributed by atoms with E-state index in [0.29, 0.717) is 15.6 Å². The van der Waals surface area contributed by atoms with E-state index >= 15 is 0 Å². The first-order valence-corrected chi connectivity index (χ1v) is 7.84. The van der Waals surface area contributed by atoms with Crippen LogP contribution in [0.2, 0.25) is 5.02 Å². The number of nitrogens with zero attached hydrogens (tertiary/aromatic N) is 1. The van der Waals surface area contributed by atoms with Crippen molar-refractivity contribution in [2.24, 2.45) is 0 Å². The lowest BCUT2D eigenvalue weighted by molar-refractivity contribution is -0.113. The zero-order valence-electron chi connectivity index (χ0n) is 10.2. The molecule has 0 spiro atoms. The summed E-state index contributed by atoms with van der Waals surface area (Å²) in [5.74, 6) is -0.171. The monoisotopic (exact) mass is 320 g/mol. The Morgan fingerprint density at radius 2 is 1.95 bits per heavy atom. The van der Waals surface area contributed by atoms with Gasteiger partial charge in [0.1, 0.15) is 0 Å². The van der Waals surface area contributed by atoms with Gasteiger partial charge in [0.05, 0.1) is 10.6 Å². The Morgan fingerprint density at radius 3 is 2.60 bits per heavy atom. The van der Waals surface area contributed by atoms with Gasteiger partial charge in [0, 0.05) is 9.90 Å². The molecule has 6 heteroatoms. The summed E-state index contributed by atoms with van der Waals surface area (Å²) in [5, 5.41) is 10.8. The molecule has 3 nitrogen and oxygen atoms in total. The topological polar surface area (TPSA) is 44.2 Å². The van der Waals surface area contributed by atoms with Crippen molar-refractivity contribution >= 4 is 57.5 Å². The van der Waals surface area contributed by atoms with Crippen LogP contribution in [-0.2, 0) is 4.79 Å². The molecular weight excluding hydrogens is 312 g/mol. The third-order valence-electron chi connectivity index (χ3n) is 2.72. The predicted molar refractivity (Wildman–Crippen MR) is 86.6 cm³/mol. The number of benzene rings is 1. The third-order valence-corrected chi connectivity index (χ3v) is 4.68. The fraction of sp³-hybridized carbons (Fsp3) is 0. The van der Waals surface area contributed by atoms with Crippen LogP contribution in [0, 0.1) is 5.41 Å². The molecule has 1 aromatic carbocycles. The van der Waals surface area contributed by atoms with E-state index in [1.807, 2.05) is 23.6 Å². The molecule has 1 aliphatic heterocycles. The van der Waals surface area contributed by atoms with Crippen LogP contribution < -0.4 is 4.90 Å². The summed E-state index contributed by atoms with van der Waals surface area (Å²) >= 11 is 8.58. The van der Waals surface area contributed by atoms with Crippen LogP contribution in [-0.4, -0.2) is 11.1 Å². The van der Waals surface area contributed by atoms with Gasteiger partial charge in [-0.15, -0.1) is 11.3 Å². The van der Waals surface area contributed by atoms with Gasteiger partial charge in [0.15, 0.2) is 5.17 Å². The SMILES string of the molecule is N=C1S/C(=C\c2cccs2)C(=O)N1c1ccc(Cl)cc1. The summed E-state index contributed by atoms with van der Waals surface area (Å²) < 4.78 is 0. The van der Waals surface area contributed by atoms with Crippen LogP contribution in [0.5, 0.6) is 0 Å². The second-order valence-electron chi connectivity index (χ2n) is 4.05. The van der Waals surface area contributed by atoms with Crippen LogP contribution >= 0.6 is 34.7 Å². The minimum atomic E-state index is -0.171. The summed E-state index contributed by atoms with van der Waals surface area (Å²) in [7, 11) is 0. The molecule has 1 saturated heterocycles. The summed E-state index contributed by atoms with van der Waals surface area (Å²) in [5.41, 5.74) is 0.659. The van der Waals surface area contributed by atoms with Crippen molar-refractivity contribution in [3.63, 3.8) is 0 Å². The van der Waals surface area contributed by atoms with Crippen LogP contribution in [0.15, 0.2) is 46.7 Å². The lowest BCUT2D eigenvalue weighted by Crippen LogP contribution is -2.27. The number of anilines is 1. The molecule has 0 atom stereocenters. The van der Waals surface area contributed by atoms with E-state index in [1.165, 1.54) is 16.7 Å². The molecule has 1 fully saturated rings. The van der Waals surface area contributed by atoms with Gasteiger partial charge in [0.25, 0.3) is 5.91 Å². The zero-order chi connectivity index (χ0) is 14.1. The van der Waals surface area contributed by atoms with Crippen molar-refractivity contribution in [1.82, 2.24) is 0 Å². The maximum Gasteiger partial charge on any atom is 0.271 e. The first kappa shape index (κ1) is 13.4. The van der Waals surface area contributed by atoms with E-state index in [1.54, 1.807) is 35.6 Å². The molecule has 100 valence electrons. The highest BCUT2D eigenvalue weighted by molar-refractivity contribution is 8.19. The zero-order valence-corrected chi connectivity index (χ0v) is 12.6. The molecule has 2 heterocycles. The number of thioether (sulfide) groups is 1. The van der Waals surface area contributed by atoms with Crippen molar-refractivity contribution < 1.29 is 4.79 Å². The number of hydrogen-bond donors (Lipinski definition) is 1. The Kier molecular flexibility index (Phi) is 3.65. The fourth-order valence-electron chi connectivity index (χ4n) is 1.81. The first-order chi connectivity index (χ1) is 9.65. The highest BCUT2D eigenvalue weighted by Crippen LogP contribution is 2.35. The van der Waals surface area contributed by atoms with Gasteiger partial charge in [0.2, 0.25) is 0 Å². The summed E-state index contributed by atoms with van der Waals surface area (Å²) in [6.07, 6.45) is 1.82. The molecule has 1 aliphatic rings. The second-order valence-corrected chi connectivity index (χ2v) is 6.49. The number of halogens is 1. The van der Waals surface area contributed by atoms with E-state index in [0.717, 1.165) is 4.88 Å². The number of rotatable bonds is 2. The molecule has 0 bridgehead atoms. The van der Waals surface area contributed by atoms with Crippen molar-refractivity contribution in [3.8, 4) is 0 Å². The van der Waals surface area contributed by atoms with Gasteiger partial charge in [-0.25, -0.2) is 0 Å². The summed E-state index contributed by atoms with van der Waals surface area (Å²) in [6.45, 7) is 0. The van der Waals surface area contributed by atoms with Crippen molar-refractivity contribution in [2.75, 3.05) is 4.90 Å². The van der Waals surface area contributed by atoms with Gasteiger partial charge < -0.3 is 0 Å². The van der Waals surface area contributed by atoms with Crippen LogP contribution in [0.4, 0.5) is 5.69 Å². The third kappa shape index (κ3) is 2.52. The van der Waals surface area contributed by atoms with Crippen LogP contribution in [0.3, 0.4) is 0 Å². The molecule has 1 N–H and O–H groups in total. The molecule has 3 rings (SSSR count). The Labute approximate surface area is 129 Å². The number of thiophene rings is 1. The minimum absolute atomic E-state index is 0.171. The molecule has 0 saturated carbocycles. The fourth-order valence-corrected chi connectivity index (χ4v) is 3.52. The minimum Gasteiger partial charge on any atom is -0.278 e. The molecule has 1 amide bonds. The molecule has 20 heavy (non-hydrogen) atoms. The molecule has 2 aromatic rings. The highest BCUT2D eigenvalue weighted by atomic mass is 35.5. The number of carbonyl (C=O) groups excluding carboxylic acids is 1. The largest absolute Gasteiger partial charge is 0.278 e. The van der Waals surface area contributed by atoms with Crippen molar-refractivity contribution in [2.45, 2.75) is 0 Å². The molecule has 0 unspecified atom stereocenters. The Balaban J connectivity index is 1.93. The Morgan fingerprint density at radius 1 is 1.20 bits per heavy atom. The number of nitrogens with one attached hydrogen (secondary N) is 1. The maximum absolute atomic E-state index is 12.4. The standard InChI is InChI=1S/C14H9ClN2OS2/c15-9-3-5-10(6-4-9)17-13(18)12(20-14(17)16)8-11-2-1-7-19-11/h1-8,16H/b12-8-,16-14?. The van der Waals surface area contributed by atoms with Crippen LogP contribution in [0.1, 0.15) is 4.88 Å². The highest BCUT2D eigenvalue weighted by Gasteiger charge is 2.33. The predicted octanol–water partition coefficient (Wildman–Crippen LogP) is 4.46. The van der Waals surface area contributed by atoms with Crippen molar-refractivity contribution in [1.29, 1.82) is 5.41 Å². The number of hydrogen-bond acceptors (Lipinski definition) is 4. The number of carbonyl (C=O) groups is 1.